The first kappa shape index (κ1) is 14.9. The Hall–Kier alpha value is -1.17. The molecule has 0 spiro atoms. The van der Waals surface area contributed by atoms with E-state index >= 15 is 0 Å². The van der Waals surface area contributed by atoms with Crippen molar-refractivity contribution in [1.82, 2.24) is 9.80 Å². The second-order valence-electron chi connectivity index (χ2n) is 4.33. The molecule has 1 aromatic rings. The lowest BCUT2D eigenvalue weighted by Crippen LogP contribution is -3.00. The summed E-state index contributed by atoms with van der Waals surface area (Å²) in [7, 11) is 1.89. The van der Waals surface area contributed by atoms with Crippen molar-refractivity contribution in [2.45, 2.75) is 13.8 Å². The zero-order chi connectivity index (χ0) is 12.4. The Labute approximate surface area is 125 Å². The summed E-state index contributed by atoms with van der Waals surface area (Å²) < 4.78 is 0. The van der Waals surface area contributed by atoms with E-state index in [1.807, 2.05) is 51.5 Å². The fourth-order valence-electron chi connectivity index (χ4n) is 2.03. The predicted octanol–water partition coefficient (Wildman–Crippen LogP) is -0.795. The molecule has 1 aliphatic heterocycles. The maximum absolute atomic E-state index is 12.2. The first-order chi connectivity index (χ1) is 8.08. The molecule has 4 heteroatoms. The maximum Gasteiger partial charge on any atom is 0.564 e. The number of ketones is 1. The molecule has 3 nitrogen and oxygen atoms in total. The van der Waals surface area contributed by atoms with Crippen LogP contribution in [-0.4, -0.2) is 29.2 Å². The quantitative estimate of drug-likeness (QED) is 0.403. The first-order valence-electron chi connectivity index (χ1n) is 5.61. The molecule has 1 aromatic carbocycles. The van der Waals surface area contributed by atoms with E-state index in [-0.39, 0.29) is 29.8 Å². The molecule has 0 aromatic heterocycles. The van der Waals surface area contributed by atoms with E-state index in [9.17, 15) is 4.79 Å². The molecular weight excluding hydrogens is 339 g/mol. The van der Waals surface area contributed by atoms with E-state index in [0.717, 1.165) is 16.7 Å². The van der Waals surface area contributed by atoms with Gasteiger partial charge in [-0.3, -0.25) is 4.79 Å². The summed E-state index contributed by atoms with van der Waals surface area (Å²) in [6.45, 7) is 7.31. The second kappa shape index (κ2) is 6.13. The van der Waals surface area contributed by atoms with Crippen LogP contribution in [-0.2, 0) is 0 Å². The van der Waals surface area contributed by atoms with Crippen LogP contribution >= 0.6 is 0 Å². The molecule has 0 unspecified atom stereocenters. The zero-order valence-electron chi connectivity index (χ0n) is 10.8. The van der Waals surface area contributed by atoms with E-state index in [1.54, 1.807) is 9.80 Å². The van der Waals surface area contributed by atoms with Crippen LogP contribution in [0.15, 0.2) is 30.6 Å². The second-order valence-corrected chi connectivity index (χ2v) is 4.33. The summed E-state index contributed by atoms with van der Waals surface area (Å²) in [6, 6.07) is 5.92. The van der Waals surface area contributed by atoms with Gasteiger partial charge in [0.1, 0.15) is 6.54 Å². The highest BCUT2D eigenvalue weighted by atomic mass is 127. The Balaban J connectivity index is 0.00000162. The number of nitrogens with zero attached hydrogens (tertiary/aromatic N) is 2. The lowest BCUT2D eigenvalue weighted by atomic mass is 9.99. The fraction of sp³-hybridized carbons (Fsp3) is 0.286. The van der Waals surface area contributed by atoms with Crippen LogP contribution in [0.5, 0.6) is 0 Å². The average molecular weight is 355 g/mol. The number of rotatable bonds is 3. The highest BCUT2D eigenvalue weighted by Crippen LogP contribution is 2.16. The molecule has 95 valence electrons. The molecule has 2 rings (SSSR count). The number of carbonyl (C=O) groups excluding carboxylic acids is 1. The number of hydrogen-bond donors (Lipinski definition) is 0. The summed E-state index contributed by atoms with van der Waals surface area (Å²) in [5, 5.41) is 0. The molecule has 0 N–H and O–H groups in total. The largest absolute Gasteiger partial charge is 1.00 e. The fourth-order valence-corrected chi connectivity index (χ4v) is 2.03. The molecule has 18 heavy (non-hydrogen) atoms. The molecule has 0 aliphatic carbocycles. The van der Waals surface area contributed by atoms with Crippen LogP contribution in [0.4, 0.5) is 0 Å². The van der Waals surface area contributed by atoms with E-state index in [2.05, 4.69) is 6.67 Å². The average Bonchev–Trinajstić information content (AvgIpc) is 2.63. The van der Waals surface area contributed by atoms with Gasteiger partial charge in [-0.05, 0) is 25.0 Å². The smallest absolute Gasteiger partial charge is 0.564 e. The van der Waals surface area contributed by atoms with Gasteiger partial charge < -0.3 is 24.0 Å². The van der Waals surface area contributed by atoms with E-state index < -0.39 is 0 Å². The summed E-state index contributed by atoms with van der Waals surface area (Å²) in [6.07, 6.45) is 3.73. The zero-order valence-corrected chi connectivity index (χ0v) is 12.9. The third-order valence-corrected chi connectivity index (χ3v) is 2.83. The molecule has 0 amide bonds. The van der Waals surface area contributed by atoms with Gasteiger partial charge in [-0.1, -0.05) is 18.2 Å². The van der Waals surface area contributed by atoms with Crippen molar-refractivity contribution in [2.24, 2.45) is 0 Å². The van der Waals surface area contributed by atoms with Crippen molar-refractivity contribution in [3.8, 4) is 0 Å². The number of benzene rings is 1. The van der Waals surface area contributed by atoms with Crippen molar-refractivity contribution in [3.63, 3.8) is 0 Å². The minimum absolute atomic E-state index is 0. The van der Waals surface area contributed by atoms with E-state index in [0.29, 0.717) is 6.54 Å². The van der Waals surface area contributed by atoms with Crippen molar-refractivity contribution in [1.29, 1.82) is 0 Å². The number of carbonyl (C=O) groups is 1. The molecular formula is C14H16IN2O. The van der Waals surface area contributed by atoms with Gasteiger partial charge in [0.15, 0.2) is 5.78 Å². The Kier molecular flexibility index (Phi) is 5.07. The molecule has 0 fully saturated rings. The monoisotopic (exact) mass is 355 g/mol. The summed E-state index contributed by atoms with van der Waals surface area (Å²) in [4.78, 5) is 15.8. The molecule has 0 saturated heterocycles. The molecule has 1 heterocycles. The molecule has 1 aliphatic rings. The molecule has 0 bridgehead atoms. The van der Waals surface area contributed by atoms with Crippen molar-refractivity contribution < 1.29 is 28.8 Å². The standard InChI is InChI=1S/C14H16N2O.HI/c1-11-5-4-6-12(2)14(11)13(17)9-16-8-7-15(3)10-16;/h4-8H,9H2,1-3H3;1H/q+1;/p-1. The van der Waals surface area contributed by atoms with E-state index in [1.165, 1.54) is 0 Å². The first-order valence-corrected chi connectivity index (χ1v) is 5.61. The number of Topliss-reactive ketones (excluding diaryl/α,β-unsaturated/α-hetero) is 1. The number of hydrogen-bond acceptors (Lipinski definition) is 3. The lowest BCUT2D eigenvalue weighted by molar-refractivity contribution is -0.0000118. The Morgan fingerprint density at radius 1 is 1.22 bits per heavy atom. The number of aryl methyl sites for hydroxylation is 2. The molecule has 1 radical (unpaired) electrons. The van der Waals surface area contributed by atoms with Crippen LogP contribution in [0, 0.1) is 20.5 Å². The minimum atomic E-state index is 0. The van der Waals surface area contributed by atoms with Crippen LogP contribution < -0.4 is 24.0 Å². The van der Waals surface area contributed by atoms with Gasteiger partial charge in [-0.25, -0.2) is 0 Å². The topological polar surface area (TPSA) is 23.6 Å². The molecule has 0 atom stereocenters. The highest BCUT2D eigenvalue weighted by Gasteiger charge is 2.30. The van der Waals surface area contributed by atoms with Gasteiger partial charge >= 0.3 is 6.67 Å². The normalized spacial score (nSPS) is 13.3. The van der Waals surface area contributed by atoms with Gasteiger partial charge in [0, 0.05) is 5.56 Å². The van der Waals surface area contributed by atoms with Crippen molar-refractivity contribution >= 4 is 5.78 Å². The lowest BCUT2D eigenvalue weighted by Gasteiger charge is -2.08. The van der Waals surface area contributed by atoms with Crippen molar-refractivity contribution in [3.05, 3.63) is 54.0 Å². The van der Waals surface area contributed by atoms with Gasteiger partial charge in [0.2, 0.25) is 0 Å². The summed E-state index contributed by atoms with van der Waals surface area (Å²) >= 11 is 0. The maximum atomic E-state index is 12.2. The van der Waals surface area contributed by atoms with Crippen LogP contribution in [0.1, 0.15) is 21.5 Å². The van der Waals surface area contributed by atoms with E-state index in [4.69, 9.17) is 0 Å². The van der Waals surface area contributed by atoms with Gasteiger partial charge in [-0.15, -0.1) is 9.80 Å². The Morgan fingerprint density at radius 2 is 1.83 bits per heavy atom. The van der Waals surface area contributed by atoms with Crippen molar-refractivity contribution in [2.75, 3.05) is 13.6 Å². The highest BCUT2D eigenvalue weighted by molar-refractivity contribution is 6.00. The SMILES string of the molecule is Cc1cccc(C)c1C(=O)CN1[C+]N(C)C=C1.[I-]. The van der Waals surface area contributed by atoms with Gasteiger partial charge in [0.05, 0.1) is 19.4 Å². The van der Waals surface area contributed by atoms with Gasteiger partial charge in [0.25, 0.3) is 0 Å². The van der Waals surface area contributed by atoms with Crippen LogP contribution in [0.3, 0.4) is 0 Å². The number of halogens is 1. The molecule has 0 saturated carbocycles. The minimum Gasteiger partial charge on any atom is -1.00 e. The third kappa shape index (κ3) is 3.19. The van der Waals surface area contributed by atoms with Crippen LogP contribution in [0.2, 0.25) is 0 Å². The van der Waals surface area contributed by atoms with Crippen LogP contribution in [0.25, 0.3) is 0 Å². The Bertz CT molecular complexity index is 451. The summed E-state index contributed by atoms with van der Waals surface area (Å²) in [5.74, 6) is 0.132. The predicted molar refractivity (Wildman–Crippen MR) is 67.1 cm³/mol. The third-order valence-electron chi connectivity index (χ3n) is 2.83. The summed E-state index contributed by atoms with van der Waals surface area (Å²) in [5.41, 5.74) is 2.90. The van der Waals surface area contributed by atoms with Gasteiger partial charge in [-0.2, -0.15) is 0 Å². The Morgan fingerprint density at radius 3 is 2.33 bits per heavy atom.